The Kier molecular flexibility index (Phi) is 5.42. The van der Waals surface area contributed by atoms with Crippen LogP contribution >= 0.6 is 0 Å². The summed E-state index contributed by atoms with van der Waals surface area (Å²) in [5, 5.41) is 20.7. The normalized spacial score (nSPS) is 18.4. The van der Waals surface area contributed by atoms with E-state index in [0.29, 0.717) is 47.8 Å². The Morgan fingerprint density at radius 1 is 1.25 bits per heavy atom. The van der Waals surface area contributed by atoms with Gasteiger partial charge in [0.15, 0.2) is 11.5 Å². The SMILES string of the molecule is CN1CCN(C(=O)NC2=CN=CC(c3cnc4[nH]nc(-c5nc6c(C#N)cccc6[nH]5)c4c3)C2)CC1. The van der Waals surface area contributed by atoms with Crippen molar-refractivity contribution in [1.29, 1.82) is 5.26 Å². The number of aromatic nitrogens is 5. The number of benzene rings is 1. The number of aromatic amines is 2. The van der Waals surface area contributed by atoms with Crippen LogP contribution in [-0.4, -0.2) is 80.4 Å². The number of likely N-dealkylation sites (N-methyl/N-ethyl adjacent to an activating group) is 1. The fraction of sp³-hybridized carbons (Fsp3) is 0.280. The maximum absolute atomic E-state index is 12.7. The van der Waals surface area contributed by atoms with Crippen molar-refractivity contribution in [3.63, 3.8) is 0 Å². The number of carbonyl (C=O) groups excluding carboxylic acids is 1. The number of nitrogens with zero attached hydrogens (tertiary/aromatic N) is 7. The molecule has 0 spiro atoms. The topological polar surface area (TPSA) is 142 Å². The van der Waals surface area contributed by atoms with Crippen LogP contribution in [0, 0.1) is 11.3 Å². The smallest absolute Gasteiger partial charge is 0.321 e. The fourth-order valence-electron chi connectivity index (χ4n) is 4.63. The maximum atomic E-state index is 12.7. The summed E-state index contributed by atoms with van der Waals surface area (Å²) < 4.78 is 0. The Morgan fingerprint density at radius 3 is 2.94 bits per heavy atom. The van der Waals surface area contributed by atoms with Crippen molar-refractivity contribution in [2.75, 3.05) is 33.2 Å². The van der Waals surface area contributed by atoms with Crippen molar-refractivity contribution in [1.82, 2.24) is 40.3 Å². The van der Waals surface area contributed by atoms with Crippen molar-refractivity contribution in [3.8, 4) is 17.6 Å². The second-order valence-electron chi connectivity index (χ2n) is 9.12. The van der Waals surface area contributed by atoms with Crippen LogP contribution in [0.3, 0.4) is 0 Å². The summed E-state index contributed by atoms with van der Waals surface area (Å²) in [7, 11) is 2.06. The highest BCUT2D eigenvalue weighted by Crippen LogP contribution is 2.30. The van der Waals surface area contributed by atoms with Gasteiger partial charge in [0.25, 0.3) is 0 Å². The molecule has 2 aliphatic rings. The number of hydrogen-bond donors (Lipinski definition) is 3. The molecule has 2 aliphatic heterocycles. The van der Waals surface area contributed by atoms with Crippen LogP contribution in [0.1, 0.15) is 23.5 Å². The first kappa shape index (κ1) is 21.9. The standard InChI is InChI=1S/C25H24N10O/c1-34-5-7-35(8-6-34)25(36)29-18-9-16(12-27-14-18)17-10-19-22(32-33-23(19)28-13-17)24-30-20-4-2-3-15(11-26)21(20)31-24/h2-4,10,12-14,16H,5-9H2,1H3,(H,29,36)(H,30,31)(H,28,32,33). The predicted octanol–water partition coefficient (Wildman–Crippen LogP) is 2.73. The summed E-state index contributed by atoms with van der Waals surface area (Å²) in [5.41, 5.74) is 4.90. The summed E-state index contributed by atoms with van der Waals surface area (Å²) in [5.74, 6) is 0.522. The summed E-state index contributed by atoms with van der Waals surface area (Å²) in [6.07, 6.45) is 5.99. The third kappa shape index (κ3) is 3.97. The van der Waals surface area contributed by atoms with Gasteiger partial charge in [-0.1, -0.05) is 6.07 Å². The molecule has 5 heterocycles. The molecule has 1 fully saturated rings. The van der Waals surface area contributed by atoms with Gasteiger partial charge in [-0.3, -0.25) is 10.1 Å². The summed E-state index contributed by atoms with van der Waals surface area (Å²) in [4.78, 5) is 33.6. The predicted molar refractivity (Wildman–Crippen MR) is 135 cm³/mol. The van der Waals surface area contributed by atoms with Crippen LogP contribution < -0.4 is 5.32 Å². The maximum Gasteiger partial charge on any atom is 0.321 e. The van der Waals surface area contributed by atoms with E-state index in [1.807, 2.05) is 29.3 Å². The average molecular weight is 481 g/mol. The summed E-state index contributed by atoms with van der Waals surface area (Å²) in [6, 6.07) is 9.57. The van der Waals surface area contributed by atoms with Crippen LogP contribution in [-0.2, 0) is 0 Å². The minimum atomic E-state index is -0.0856. The number of pyridine rings is 1. The lowest BCUT2D eigenvalue weighted by molar-refractivity contribution is 0.156. The molecule has 0 aliphatic carbocycles. The van der Waals surface area contributed by atoms with E-state index < -0.39 is 0 Å². The highest BCUT2D eigenvalue weighted by atomic mass is 16.2. The molecule has 11 nitrogen and oxygen atoms in total. The molecule has 2 amide bonds. The zero-order valence-electron chi connectivity index (χ0n) is 19.7. The number of urea groups is 1. The lowest BCUT2D eigenvalue weighted by atomic mass is 9.94. The van der Waals surface area contributed by atoms with Crippen LogP contribution in [0.25, 0.3) is 33.6 Å². The van der Waals surface area contributed by atoms with Gasteiger partial charge < -0.3 is 20.1 Å². The Hall–Kier alpha value is -4.56. The first-order valence-electron chi connectivity index (χ1n) is 11.8. The number of H-pyrrole nitrogens is 2. The molecule has 0 radical (unpaired) electrons. The van der Waals surface area contributed by atoms with Crippen LogP contribution in [0.15, 0.2) is 47.4 Å². The van der Waals surface area contributed by atoms with E-state index in [1.54, 1.807) is 18.5 Å². The Morgan fingerprint density at radius 2 is 2.11 bits per heavy atom. The number of nitriles is 1. The number of para-hydroxylation sites is 1. The molecule has 36 heavy (non-hydrogen) atoms. The molecule has 11 heteroatoms. The lowest BCUT2D eigenvalue weighted by Gasteiger charge is -2.32. The minimum Gasteiger partial charge on any atom is -0.337 e. The Bertz CT molecular complexity index is 1560. The number of imidazole rings is 1. The second-order valence-corrected chi connectivity index (χ2v) is 9.12. The van der Waals surface area contributed by atoms with Crippen molar-refractivity contribution < 1.29 is 4.79 Å². The molecule has 1 saturated heterocycles. The molecule has 1 unspecified atom stereocenters. The fourth-order valence-corrected chi connectivity index (χ4v) is 4.63. The number of hydrogen-bond acceptors (Lipinski definition) is 7. The van der Waals surface area contributed by atoms with Crippen molar-refractivity contribution in [2.24, 2.45) is 4.99 Å². The van der Waals surface area contributed by atoms with Crippen LogP contribution in [0.2, 0.25) is 0 Å². The number of fused-ring (bicyclic) bond motifs is 2. The largest absolute Gasteiger partial charge is 0.337 e. The molecule has 3 N–H and O–H groups in total. The molecule has 4 aromatic rings. The quantitative estimate of drug-likeness (QED) is 0.412. The van der Waals surface area contributed by atoms with Gasteiger partial charge in [-0.2, -0.15) is 10.4 Å². The van der Waals surface area contributed by atoms with Crippen LogP contribution in [0.5, 0.6) is 0 Å². The number of rotatable bonds is 3. The summed E-state index contributed by atoms with van der Waals surface area (Å²) in [6.45, 7) is 3.16. The highest BCUT2D eigenvalue weighted by molar-refractivity contribution is 5.93. The first-order chi connectivity index (χ1) is 17.6. The molecule has 6 rings (SSSR count). The molecule has 180 valence electrons. The molecule has 1 atom stereocenters. The molecule has 0 saturated carbocycles. The number of carbonyl (C=O) groups is 1. The third-order valence-electron chi connectivity index (χ3n) is 6.72. The average Bonchev–Trinajstić information content (AvgIpc) is 3.52. The number of amides is 2. The molecule has 3 aromatic heterocycles. The van der Waals surface area contributed by atoms with Gasteiger partial charge in [0, 0.05) is 62.8 Å². The van der Waals surface area contributed by atoms with E-state index in [-0.39, 0.29) is 11.9 Å². The Balaban J connectivity index is 1.24. The zero-order chi connectivity index (χ0) is 24.6. The van der Waals surface area contributed by atoms with Gasteiger partial charge in [-0.05, 0) is 30.8 Å². The van der Waals surface area contributed by atoms with Crippen LogP contribution in [0.4, 0.5) is 4.79 Å². The van der Waals surface area contributed by atoms with E-state index in [4.69, 9.17) is 0 Å². The summed E-state index contributed by atoms with van der Waals surface area (Å²) >= 11 is 0. The first-order valence-corrected chi connectivity index (χ1v) is 11.8. The monoisotopic (exact) mass is 480 g/mol. The number of piperazine rings is 1. The van der Waals surface area contributed by atoms with E-state index in [2.05, 4.69) is 53.5 Å². The Labute approximate surface area is 206 Å². The molecule has 0 bridgehead atoms. The third-order valence-corrected chi connectivity index (χ3v) is 6.72. The minimum absolute atomic E-state index is 0.0432. The number of aliphatic imine (C=N–C) groups is 1. The van der Waals surface area contributed by atoms with E-state index in [0.717, 1.165) is 35.3 Å². The number of allylic oxidation sites excluding steroid dienone is 1. The lowest BCUT2D eigenvalue weighted by Crippen LogP contribution is -2.50. The number of nitrogens with one attached hydrogen (secondary N) is 3. The van der Waals surface area contributed by atoms with Gasteiger partial charge in [0.1, 0.15) is 17.3 Å². The van der Waals surface area contributed by atoms with E-state index in [1.165, 1.54) is 0 Å². The van der Waals surface area contributed by atoms with Crippen molar-refractivity contribution >= 4 is 34.3 Å². The zero-order valence-corrected chi connectivity index (χ0v) is 19.7. The molecular formula is C25H24N10O. The molecular weight excluding hydrogens is 456 g/mol. The van der Waals surface area contributed by atoms with Crippen molar-refractivity contribution in [2.45, 2.75) is 12.3 Å². The van der Waals surface area contributed by atoms with Gasteiger partial charge in [0.05, 0.1) is 16.5 Å². The van der Waals surface area contributed by atoms with E-state index in [9.17, 15) is 10.1 Å². The second kappa shape index (κ2) is 8.90. The van der Waals surface area contributed by atoms with E-state index >= 15 is 0 Å². The highest BCUT2D eigenvalue weighted by Gasteiger charge is 2.23. The van der Waals surface area contributed by atoms with Gasteiger partial charge in [-0.15, -0.1) is 0 Å². The van der Waals surface area contributed by atoms with Gasteiger partial charge in [0.2, 0.25) is 0 Å². The molecule has 1 aromatic carbocycles. The van der Waals surface area contributed by atoms with Crippen molar-refractivity contribution in [3.05, 3.63) is 53.5 Å². The van der Waals surface area contributed by atoms with Gasteiger partial charge in [-0.25, -0.2) is 14.8 Å². The van der Waals surface area contributed by atoms with Gasteiger partial charge >= 0.3 is 6.03 Å².